The number of esters is 1. The summed E-state index contributed by atoms with van der Waals surface area (Å²) in [5, 5.41) is 2.82. The van der Waals surface area contributed by atoms with E-state index in [-0.39, 0.29) is 12.3 Å². The smallest absolute Gasteiger partial charge is 0.416 e. The Morgan fingerprint density at radius 2 is 1.44 bits per heavy atom. The van der Waals surface area contributed by atoms with Crippen molar-refractivity contribution in [2.24, 2.45) is 5.92 Å². The molecule has 2 N–H and O–H groups in total. The summed E-state index contributed by atoms with van der Waals surface area (Å²) >= 11 is 0. The van der Waals surface area contributed by atoms with Crippen molar-refractivity contribution in [3.05, 3.63) is 102 Å². The van der Waals surface area contributed by atoms with Gasteiger partial charge in [-0.05, 0) is 41.7 Å². The molecule has 1 amide bonds. The first-order valence-electron chi connectivity index (χ1n) is 12.1. The van der Waals surface area contributed by atoms with Crippen LogP contribution in [0.4, 0.5) is 13.2 Å². The van der Waals surface area contributed by atoms with E-state index < -0.39 is 57.2 Å². The fourth-order valence-electron chi connectivity index (χ4n) is 3.85. The lowest BCUT2D eigenvalue weighted by molar-refractivity contribution is -0.150. The van der Waals surface area contributed by atoms with Crippen molar-refractivity contribution < 1.29 is 35.9 Å². The second-order valence-electron chi connectivity index (χ2n) is 9.26. The summed E-state index contributed by atoms with van der Waals surface area (Å²) in [7, 11) is -4.51. The SMILES string of the molecule is CC(C)C[C@@H](NS(=O)(=O)c1cccc(C(F)(F)F)c1)C(=O)OCC(=O)NC(c1ccccc1)c1ccccc1. The Morgan fingerprint density at radius 3 is 1.95 bits per heavy atom. The highest BCUT2D eigenvalue weighted by molar-refractivity contribution is 7.89. The number of benzene rings is 3. The third kappa shape index (κ3) is 8.66. The number of sulfonamides is 1. The quantitative estimate of drug-likeness (QED) is 0.326. The van der Waals surface area contributed by atoms with Crippen molar-refractivity contribution in [2.45, 2.75) is 43.4 Å². The molecule has 3 aromatic rings. The van der Waals surface area contributed by atoms with Gasteiger partial charge in [0.1, 0.15) is 6.04 Å². The maximum Gasteiger partial charge on any atom is 0.416 e. The summed E-state index contributed by atoms with van der Waals surface area (Å²) in [6, 6.07) is 19.6. The van der Waals surface area contributed by atoms with E-state index >= 15 is 0 Å². The number of rotatable bonds is 11. The molecule has 0 saturated carbocycles. The van der Waals surface area contributed by atoms with Crippen LogP contribution in [0.15, 0.2) is 89.8 Å². The number of hydrogen-bond acceptors (Lipinski definition) is 5. The van der Waals surface area contributed by atoms with E-state index in [1.165, 1.54) is 0 Å². The Balaban J connectivity index is 1.71. The van der Waals surface area contributed by atoms with Crippen LogP contribution in [0.1, 0.15) is 43.0 Å². The zero-order chi connectivity index (χ0) is 28.6. The van der Waals surface area contributed by atoms with E-state index in [1.54, 1.807) is 13.8 Å². The largest absolute Gasteiger partial charge is 0.454 e. The molecule has 3 aromatic carbocycles. The Morgan fingerprint density at radius 1 is 0.872 bits per heavy atom. The zero-order valence-corrected chi connectivity index (χ0v) is 22.1. The topological polar surface area (TPSA) is 102 Å². The van der Waals surface area contributed by atoms with Gasteiger partial charge >= 0.3 is 12.1 Å². The molecule has 0 unspecified atom stereocenters. The molecule has 0 fully saturated rings. The highest BCUT2D eigenvalue weighted by atomic mass is 32.2. The van der Waals surface area contributed by atoms with Gasteiger partial charge in [-0.25, -0.2) is 8.42 Å². The molecule has 1 atom stereocenters. The summed E-state index contributed by atoms with van der Waals surface area (Å²) in [6.07, 6.45) is -4.75. The van der Waals surface area contributed by atoms with Gasteiger partial charge in [0.2, 0.25) is 10.0 Å². The Kier molecular flexibility index (Phi) is 9.87. The average molecular weight is 563 g/mol. The molecule has 0 heterocycles. The minimum Gasteiger partial charge on any atom is -0.454 e. The second kappa shape index (κ2) is 12.9. The molecular weight excluding hydrogens is 533 g/mol. The molecule has 3 rings (SSSR count). The highest BCUT2D eigenvalue weighted by Crippen LogP contribution is 2.30. The van der Waals surface area contributed by atoms with Gasteiger partial charge < -0.3 is 10.1 Å². The third-order valence-corrected chi connectivity index (χ3v) is 7.15. The number of carbonyl (C=O) groups excluding carboxylic acids is 2. The van der Waals surface area contributed by atoms with Crippen LogP contribution in [0, 0.1) is 5.92 Å². The van der Waals surface area contributed by atoms with Gasteiger partial charge in [0.05, 0.1) is 16.5 Å². The van der Waals surface area contributed by atoms with E-state index in [4.69, 9.17) is 4.74 Å². The summed E-state index contributed by atoms with van der Waals surface area (Å²) in [4.78, 5) is 24.9. The maximum atomic E-state index is 13.1. The van der Waals surface area contributed by atoms with Crippen LogP contribution in [0.5, 0.6) is 0 Å². The molecule has 0 aromatic heterocycles. The fourth-order valence-corrected chi connectivity index (χ4v) is 5.09. The monoisotopic (exact) mass is 562 g/mol. The fraction of sp³-hybridized carbons (Fsp3) is 0.286. The maximum absolute atomic E-state index is 13.1. The molecule has 0 aliphatic carbocycles. The average Bonchev–Trinajstić information content (AvgIpc) is 2.90. The van der Waals surface area contributed by atoms with Crippen molar-refractivity contribution in [2.75, 3.05) is 6.61 Å². The zero-order valence-electron chi connectivity index (χ0n) is 21.3. The summed E-state index contributed by atoms with van der Waals surface area (Å²) in [5.41, 5.74) is 0.459. The second-order valence-corrected chi connectivity index (χ2v) is 11.0. The lowest BCUT2D eigenvalue weighted by Crippen LogP contribution is -2.44. The number of amides is 1. The van der Waals surface area contributed by atoms with Gasteiger partial charge in [-0.2, -0.15) is 17.9 Å². The van der Waals surface area contributed by atoms with Crippen molar-refractivity contribution in [3.8, 4) is 0 Å². The number of ether oxygens (including phenoxy) is 1. The van der Waals surface area contributed by atoms with Crippen molar-refractivity contribution in [3.63, 3.8) is 0 Å². The summed E-state index contributed by atoms with van der Waals surface area (Å²) < 4.78 is 72.2. The molecule has 7 nitrogen and oxygen atoms in total. The molecule has 0 aliphatic heterocycles. The molecule has 0 saturated heterocycles. The van der Waals surface area contributed by atoms with E-state index in [0.717, 1.165) is 29.3 Å². The standard InChI is InChI=1S/C28H29F3N2O5S/c1-19(2)16-24(33-39(36,37)23-15-9-14-22(17-23)28(29,30)31)27(35)38-18-25(34)32-26(20-10-5-3-6-11-20)21-12-7-4-8-13-21/h3-15,17,19,24,26,33H,16,18H2,1-2H3,(H,32,34)/t24-/m1/s1. The highest BCUT2D eigenvalue weighted by Gasteiger charge is 2.33. The van der Waals surface area contributed by atoms with Crippen molar-refractivity contribution in [1.29, 1.82) is 0 Å². The van der Waals surface area contributed by atoms with Crippen LogP contribution < -0.4 is 10.0 Å². The van der Waals surface area contributed by atoms with Crippen LogP contribution in [-0.4, -0.2) is 32.9 Å². The molecule has 0 radical (unpaired) electrons. The van der Waals surface area contributed by atoms with Gasteiger partial charge in [-0.3, -0.25) is 9.59 Å². The molecule has 11 heteroatoms. The summed E-state index contributed by atoms with van der Waals surface area (Å²) in [5.74, 6) is -1.82. The van der Waals surface area contributed by atoms with Gasteiger partial charge in [0, 0.05) is 0 Å². The third-order valence-electron chi connectivity index (χ3n) is 5.68. The molecular formula is C28H29F3N2O5S. The van der Waals surface area contributed by atoms with Crippen LogP contribution in [-0.2, 0) is 30.5 Å². The minimum atomic E-state index is -4.74. The first-order chi connectivity index (χ1) is 18.4. The number of hydrogen-bond donors (Lipinski definition) is 2. The number of carbonyl (C=O) groups is 2. The molecule has 208 valence electrons. The lowest BCUT2D eigenvalue weighted by Gasteiger charge is -2.21. The van der Waals surface area contributed by atoms with Gasteiger partial charge in [-0.15, -0.1) is 0 Å². The van der Waals surface area contributed by atoms with Crippen molar-refractivity contribution >= 4 is 21.9 Å². The van der Waals surface area contributed by atoms with Gasteiger partial charge in [0.25, 0.3) is 5.91 Å². The van der Waals surface area contributed by atoms with E-state index in [0.29, 0.717) is 6.07 Å². The molecule has 39 heavy (non-hydrogen) atoms. The number of alkyl halides is 3. The minimum absolute atomic E-state index is 0.00466. The Labute approximate surface area is 225 Å². The predicted octanol–water partition coefficient (Wildman–Crippen LogP) is 4.85. The predicted molar refractivity (Wildman–Crippen MR) is 139 cm³/mol. The lowest BCUT2D eigenvalue weighted by atomic mass is 9.99. The Bertz CT molecular complexity index is 1330. The van der Waals surface area contributed by atoms with Crippen molar-refractivity contribution in [1.82, 2.24) is 10.0 Å². The molecule has 0 spiro atoms. The molecule has 0 bridgehead atoms. The van der Waals surface area contributed by atoms with Gasteiger partial charge in [-0.1, -0.05) is 80.6 Å². The van der Waals surface area contributed by atoms with Crippen LogP contribution >= 0.6 is 0 Å². The normalized spacial score (nSPS) is 12.8. The van der Waals surface area contributed by atoms with E-state index in [2.05, 4.69) is 10.0 Å². The Hall–Kier alpha value is -3.70. The summed E-state index contributed by atoms with van der Waals surface area (Å²) in [6.45, 7) is 2.78. The number of nitrogens with one attached hydrogen (secondary N) is 2. The van der Waals surface area contributed by atoms with E-state index in [9.17, 15) is 31.2 Å². The first kappa shape index (κ1) is 29.9. The first-order valence-corrected chi connectivity index (χ1v) is 13.6. The van der Waals surface area contributed by atoms with Gasteiger partial charge in [0.15, 0.2) is 6.61 Å². The van der Waals surface area contributed by atoms with Crippen LogP contribution in [0.25, 0.3) is 0 Å². The van der Waals surface area contributed by atoms with E-state index in [1.807, 2.05) is 60.7 Å². The van der Waals surface area contributed by atoms with Crippen LogP contribution in [0.2, 0.25) is 0 Å². The molecule has 0 aliphatic rings. The van der Waals surface area contributed by atoms with Crippen LogP contribution in [0.3, 0.4) is 0 Å². The number of halogens is 3.